The van der Waals surface area contributed by atoms with Crippen molar-refractivity contribution in [3.05, 3.63) is 12.7 Å². The minimum atomic E-state index is 0.0667. The highest BCUT2D eigenvalue weighted by Gasteiger charge is 2.26. The van der Waals surface area contributed by atoms with Crippen molar-refractivity contribution in [3.63, 3.8) is 0 Å². The van der Waals surface area contributed by atoms with E-state index in [1.165, 1.54) is 0 Å². The second-order valence-corrected chi connectivity index (χ2v) is 5.22. The zero-order valence-electron chi connectivity index (χ0n) is 12.5. The smallest absolute Gasteiger partial charge is 0.236 e. The van der Waals surface area contributed by atoms with Gasteiger partial charge in [0.1, 0.15) is 0 Å². The number of nitrogens with one attached hydrogen (secondary N) is 2. The van der Waals surface area contributed by atoms with Gasteiger partial charge in [-0.05, 0) is 19.3 Å². The Labute approximate surface area is 121 Å². The lowest BCUT2D eigenvalue weighted by molar-refractivity contribution is -0.134. The third-order valence-corrected chi connectivity index (χ3v) is 3.61. The molecule has 1 rings (SSSR count). The molecule has 0 aromatic heterocycles. The molecule has 0 saturated carbocycles. The Kier molecular flexibility index (Phi) is 7.95. The summed E-state index contributed by atoms with van der Waals surface area (Å²) in [4.78, 5) is 25.7. The van der Waals surface area contributed by atoms with E-state index in [0.717, 1.165) is 32.2 Å². The van der Waals surface area contributed by atoms with E-state index in [1.807, 2.05) is 4.90 Å². The van der Waals surface area contributed by atoms with Gasteiger partial charge in [0, 0.05) is 32.1 Å². The van der Waals surface area contributed by atoms with Gasteiger partial charge in [0.2, 0.25) is 11.8 Å². The van der Waals surface area contributed by atoms with Crippen LogP contribution in [0.4, 0.5) is 0 Å². The Hall–Kier alpha value is -1.36. The molecule has 0 radical (unpaired) electrons. The van der Waals surface area contributed by atoms with Gasteiger partial charge in [0.05, 0.1) is 6.54 Å². The Bertz CT molecular complexity index is 323. The maximum Gasteiger partial charge on any atom is 0.236 e. The molecule has 114 valence electrons. The van der Waals surface area contributed by atoms with E-state index in [-0.39, 0.29) is 17.7 Å². The molecule has 2 N–H and O–H groups in total. The van der Waals surface area contributed by atoms with E-state index < -0.39 is 0 Å². The maximum atomic E-state index is 11.9. The molecule has 5 nitrogen and oxygen atoms in total. The highest BCUT2D eigenvalue weighted by Crippen LogP contribution is 2.17. The lowest BCUT2D eigenvalue weighted by Crippen LogP contribution is -2.45. The summed E-state index contributed by atoms with van der Waals surface area (Å²) in [5.74, 6) is 0.323. The fourth-order valence-corrected chi connectivity index (χ4v) is 2.32. The van der Waals surface area contributed by atoms with Crippen LogP contribution >= 0.6 is 0 Å². The summed E-state index contributed by atoms with van der Waals surface area (Å²) in [6, 6.07) is 0. The second kappa shape index (κ2) is 9.53. The summed E-state index contributed by atoms with van der Waals surface area (Å²) in [6.07, 6.45) is 5.39. The molecule has 2 amide bonds. The number of unbranched alkanes of at least 4 members (excludes halogenated alkanes) is 1. The first-order valence-electron chi connectivity index (χ1n) is 7.56. The largest absolute Gasteiger partial charge is 0.356 e. The van der Waals surface area contributed by atoms with Gasteiger partial charge in [-0.25, -0.2) is 0 Å². The number of likely N-dealkylation sites (tertiary alicyclic amines) is 1. The van der Waals surface area contributed by atoms with Gasteiger partial charge in [0.25, 0.3) is 0 Å². The van der Waals surface area contributed by atoms with E-state index in [2.05, 4.69) is 24.1 Å². The number of amides is 2. The monoisotopic (exact) mass is 281 g/mol. The van der Waals surface area contributed by atoms with E-state index in [0.29, 0.717) is 26.2 Å². The van der Waals surface area contributed by atoms with Gasteiger partial charge in [-0.15, -0.1) is 6.58 Å². The van der Waals surface area contributed by atoms with Crippen molar-refractivity contribution in [2.24, 2.45) is 5.92 Å². The molecular weight excluding hydrogens is 254 g/mol. The summed E-state index contributed by atoms with van der Waals surface area (Å²) in [6.45, 7) is 8.82. The zero-order valence-corrected chi connectivity index (χ0v) is 12.5. The van der Waals surface area contributed by atoms with Crippen LogP contribution in [0.5, 0.6) is 0 Å². The van der Waals surface area contributed by atoms with E-state index >= 15 is 0 Å². The molecule has 0 spiro atoms. The number of hydrogen-bond acceptors (Lipinski definition) is 3. The van der Waals surface area contributed by atoms with E-state index in [4.69, 9.17) is 0 Å². The third-order valence-electron chi connectivity index (χ3n) is 3.61. The first kappa shape index (κ1) is 16.7. The van der Waals surface area contributed by atoms with E-state index in [1.54, 1.807) is 6.08 Å². The average molecular weight is 281 g/mol. The van der Waals surface area contributed by atoms with Crippen LogP contribution in [-0.4, -0.2) is 49.4 Å². The van der Waals surface area contributed by atoms with Crippen molar-refractivity contribution in [1.29, 1.82) is 0 Å². The normalized spacial score (nSPS) is 15.9. The molecule has 20 heavy (non-hydrogen) atoms. The quantitative estimate of drug-likeness (QED) is 0.514. The summed E-state index contributed by atoms with van der Waals surface area (Å²) in [5.41, 5.74) is 0. The molecule has 0 aromatic carbocycles. The van der Waals surface area contributed by atoms with Crippen molar-refractivity contribution in [2.45, 2.75) is 32.6 Å². The molecule has 5 heteroatoms. The fourth-order valence-electron chi connectivity index (χ4n) is 2.32. The fraction of sp³-hybridized carbons (Fsp3) is 0.733. The molecule has 0 unspecified atom stereocenters. The van der Waals surface area contributed by atoms with Crippen molar-refractivity contribution in [1.82, 2.24) is 15.5 Å². The van der Waals surface area contributed by atoms with Gasteiger partial charge < -0.3 is 15.5 Å². The topological polar surface area (TPSA) is 61.4 Å². The second-order valence-electron chi connectivity index (χ2n) is 5.22. The average Bonchev–Trinajstić information content (AvgIpc) is 2.47. The van der Waals surface area contributed by atoms with Crippen LogP contribution in [0.2, 0.25) is 0 Å². The molecule has 0 atom stereocenters. The van der Waals surface area contributed by atoms with Crippen molar-refractivity contribution in [2.75, 3.05) is 32.7 Å². The Morgan fingerprint density at radius 2 is 2.05 bits per heavy atom. The molecule has 1 fully saturated rings. The molecule has 0 aliphatic carbocycles. The minimum Gasteiger partial charge on any atom is -0.356 e. The van der Waals surface area contributed by atoms with Gasteiger partial charge in [-0.3, -0.25) is 9.59 Å². The summed E-state index contributed by atoms with van der Waals surface area (Å²) < 4.78 is 0. The Morgan fingerprint density at radius 3 is 2.65 bits per heavy atom. The van der Waals surface area contributed by atoms with Crippen LogP contribution in [0.1, 0.15) is 32.6 Å². The molecule has 0 bridgehead atoms. The van der Waals surface area contributed by atoms with Crippen LogP contribution in [0.25, 0.3) is 0 Å². The number of hydrogen-bond donors (Lipinski definition) is 2. The molecule has 1 saturated heterocycles. The highest BCUT2D eigenvalue weighted by molar-refractivity contribution is 5.80. The first-order valence-corrected chi connectivity index (χ1v) is 7.56. The highest BCUT2D eigenvalue weighted by atomic mass is 16.2. The van der Waals surface area contributed by atoms with Crippen molar-refractivity contribution >= 4 is 11.8 Å². The van der Waals surface area contributed by atoms with Crippen LogP contribution in [0.15, 0.2) is 12.7 Å². The minimum absolute atomic E-state index is 0.0667. The SMILES string of the molecule is C=CCNCC(=O)N1CCC(C(=O)NCCCC)CC1. The number of rotatable bonds is 8. The summed E-state index contributed by atoms with van der Waals surface area (Å²) in [7, 11) is 0. The molecule has 0 aromatic rings. The summed E-state index contributed by atoms with van der Waals surface area (Å²) in [5, 5.41) is 5.99. The van der Waals surface area contributed by atoms with Gasteiger partial charge in [0.15, 0.2) is 0 Å². The third kappa shape index (κ3) is 5.74. The Morgan fingerprint density at radius 1 is 1.35 bits per heavy atom. The number of nitrogens with zero attached hydrogens (tertiary/aromatic N) is 1. The van der Waals surface area contributed by atoms with E-state index in [9.17, 15) is 9.59 Å². The standard InChI is InChI=1S/C15H27N3O2/c1-3-5-9-17-15(20)13-6-10-18(11-7-13)14(19)12-16-8-4-2/h4,13,16H,2-3,5-12H2,1H3,(H,17,20). The van der Waals surface area contributed by atoms with Gasteiger partial charge in [-0.2, -0.15) is 0 Å². The molecule has 1 aliphatic heterocycles. The number of carbonyl (C=O) groups excluding carboxylic acids is 2. The van der Waals surface area contributed by atoms with Gasteiger partial charge in [-0.1, -0.05) is 19.4 Å². The number of piperidine rings is 1. The lowest BCUT2D eigenvalue weighted by atomic mass is 9.96. The van der Waals surface area contributed by atoms with Crippen LogP contribution in [-0.2, 0) is 9.59 Å². The predicted molar refractivity (Wildman–Crippen MR) is 80.3 cm³/mol. The van der Waals surface area contributed by atoms with Gasteiger partial charge >= 0.3 is 0 Å². The maximum absolute atomic E-state index is 11.9. The van der Waals surface area contributed by atoms with Crippen molar-refractivity contribution in [3.8, 4) is 0 Å². The molecule has 1 heterocycles. The van der Waals surface area contributed by atoms with Crippen LogP contribution in [0, 0.1) is 5.92 Å². The van der Waals surface area contributed by atoms with Crippen LogP contribution in [0.3, 0.4) is 0 Å². The predicted octanol–water partition coefficient (Wildman–Crippen LogP) is 0.917. The molecule has 1 aliphatic rings. The zero-order chi connectivity index (χ0) is 14.8. The number of carbonyl (C=O) groups is 2. The first-order chi connectivity index (χ1) is 9.69. The van der Waals surface area contributed by atoms with Crippen molar-refractivity contribution < 1.29 is 9.59 Å². The summed E-state index contributed by atoms with van der Waals surface area (Å²) >= 11 is 0. The lowest BCUT2D eigenvalue weighted by Gasteiger charge is -2.31. The molecular formula is C15H27N3O2. The Balaban J connectivity index is 2.23. The van der Waals surface area contributed by atoms with Crippen LogP contribution < -0.4 is 10.6 Å².